The van der Waals surface area contributed by atoms with Crippen molar-refractivity contribution in [2.24, 2.45) is 0 Å². The highest BCUT2D eigenvalue weighted by atomic mass is 32.2. The molecule has 5 rings (SSSR count). The molecule has 0 spiro atoms. The second kappa shape index (κ2) is 10.1. The molecular weight excluding hydrogens is 470 g/mol. The Hall–Kier alpha value is -3.80. The Morgan fingerprint density at radius 1 is 0.944 bits per heavy atom. The van der Waals surface area contributed by atoms with E-state index in [0.717, 1.165) is 25.2 Å². The highest BCUT2D eigenvalue weighted by Crippen LogP contribution is 2.34. The quantitative estimate of drug-likeness (QED) is 0.440. The fourth-order valence-corrected chi connectivity index (χ4v) is 6.20. The number of nitriles is 1. The van der Waals surface area contributed by atoms with E-state index in [0.29, 0.717) is 29.9 Å². The van der Waals surface area contributed by atoms with Gasteiger partial charge in [-0.1, -0.05) is 54.6 Å². The fourth-order valence-electron chi connectivity index (χ4n) is 4.71. The van der Waals surface area contributed by atoms with Crippen molar-refractivity contribution in [3.8, 4) is 6.07 Å². The van der Waals surface area contributed by atoms with E-state index in [1.165, 1.54) is 16.5 Å². The van der Waals surface area contributed by atoms with Gasteiger partial charge < -0.3 is 9.80 Å². The molecule has 1 atom stereocenters. The number of nitrogens with zero attached hydrogens (tertiary/aromatic N) is 4. The van der Waals surface area contributed by atoms with Crippen molar-refractivity contribution in [2.45, 2.75) is 23.6 Å². The minimum absolute atomic E-state index is 0.118. The van der Waals surface area contributed by atoms with Gasteiger partial charge in [-0.15, -0.1) is 0 Å². The molecule has 1 fully saturated rings. The molecule has 1 saturated heterocycles. The highest BCUT2D eigenvalue weighted by Gasteiger charge is 2.36. The summed E-state index contributed by atoms with van der Waals surface area (Å²) in [5.41, 5.74) is 3.56. The Morgan fingerprint density at radius 2 is 1.61 bits per heavy atom. The van der Waals surface area contributed by atoms with Crippen molar-refractivity contribution in [3.05, 3.63) is 95.7 Å². The van der Waals surface area contributed by atoms with Gasteiger partial charge >= 0.3 is 0 Å². The molecule has 0 bridgehead atoms. The molecule has 8 heteroatoms. The molecule has 1 aliphatic heterocycles. The van der Waals surface area contributed by atoms with Crippen molar-refractivity contribution >= 4 is 26.7 Å². The third kappa shape index (κ3) is 4.81. The van der Waals surface area contributed by atoms with Gasteiger partial charge in [0.25, 0.3) is 0 Å². The van der Waals surface area contributed by atoms with E-state index in [-0.39, 0.29) is 10.6 Å². The van der Waals surface area contributed by atoms with E-state index < -0.39 is 15.1 Å². The molecule has 182 valence electrons. The maximum Gasteiger partial charge on any atom is 0.200 e. The van der Waals surface area contributed by atoms with E-state index >= 15 is 0 Å². The summed E-state index contributed by atoms with van der Waals surface area (Å²) < 4.78 is 27.3. The lowest BCUT2D eigenvalue weighted by Gasteiger charge is -2.34. The first-order valence-electron chi connectivity index (χ1n) is 12.0. The third-order valence-corrected chi connectivity index (χ3v) is 8.50. The lowest BCUT2D eigenvalue weighted by molar-refractivity contribution is -0.914. The number of fused-ring (bicyclic) bond motifs is 1. The van der Waals surface area contributed by atoms with E-state index in [1.807, 2.05) is 43.3 Å². The molecule has 0 radical (unpaired) electrons. The number of para-hydroxylation sites is 2. The normalized spacial score (nSPS) is 15.5. The van der Waals surface area contributed by atoms with Crippen molar-refractivity contribution in [1.82, 2.24) is 9.97 Å². The van der Waals surface area contributed by atoms with Crippen LogP contribution in [0.4, 0.5) is 5.82 Å². The van der Waals surface area contributed by atoms with Crippen molar-refractivity contribution < 1.29 is 13.3 Å². The molecule has 0 aliphatic carbocycles. The SMILES string of the molecule is Cc1cccc(S(=O)(=O)[C@@H](C#N)c2nc3ccccc3nc2N2CC[NH+](Cc3ccccc3)CC2)c1. The number of hydrogen-bond donors (Lipinski definition) is 1. The Labute approximate surface area is 211 Å². The summed E-state index contributed by atoms with van der Waals surface area (Å²) in [5.74, 6) is 0.482. The molecule has 4 aromatic rings. The third-order valence-electron chi connectivity index (χ3n) is 6.64. The molecule has 7 nitrogen and oxygen atoms in total. The monoisotopic (exact) mass is 498 g/mol. The van der Waals surface area contributed by atoms with E-state index in [2.05, 4.69) is 29.2 Å². The molecule has 0 amide bonds. The first kappa shape index (κ1) is 23.9. The summed E-state index contributed by atoms with van der Waals surface area (Å²) in [6.45, 7) is 5.93. The Morgan fingerprint density at radius 3 is 2.28 bits per heavy atom. The topological polar surface area (TPSA) is 91.4 Å². The van der Waals surface area contributed by atoms with E-state index in [4.69, 9.17) is 9.97 Å². The lowest BCUT2D eigenvalue weighted by Crippen LogP contribution is -3.13. The van der Waals surface area contributed by atoms with Gasteiger partial charge in [-0.3, -0.25) is 0 Å². The highest BCUT2D eigenvalue weighted by molar-refractivity contribution is 7.92. The number of aromatic nitrogens is 2. The Bertz CT molecular complexity index is 1520. The molecular formula is C28H28N5O2S+. The van der Waals surface area contributed by atoms with Crippen LogP contribution in [0.1, 0.15) is 22.1 Å². The number of anilines is 1. The van der Waals surface area contributed by atoms with Crippen LogP contribution in [0.2, 0.25) is 0 Å². The van der Waals surface area contributed by atoms with Gasteiger partial charge in [0.15, 0.2) is 11.1 Å². The van der Waals surface area contributed by atoms with Crippen LogP contribution in [-0.2, 0) is 16.4 Å². The number of sulfone groups is 1. The number of hydrogen-bond acceptors (Lipinski definition) is 6. The van der Waals surface area contributed by atoms with Gasteiger partial charge in [0.1, 0.15) is 12.2 Å². The number of benzene rings is 3. The van der Waals surface area contributed by atoms with Gasteiger partial charge in [-0.25, -0.2) is 18.4 Å². The zero-order chi connectivity index (χ0) is 25.1. The van der Waals surface area contributed by atoms with Crippen LogP contribution < -0.4 is 9.80 Å². The second-order valence-electron chi connectivity index (χ2n) is 9.19. The molecule has 0 saturated carbocycles. The number of rotatable bonds is 6. The number of quaternary nitrogens is 1. The van der Waals surface area contributed by atoms with Crippen LogP contribution in [0.3, 0.4) is 0 Å². The smallest absolute Gasteiger partial charge is 0.200 e. The number of aryl methyl sites for hydroxylation is 1. The fraction of sp³-hybridized carbons (Fsp3) is 0.250. The van der Waals surface area contributed by atoms with Gasteiger partial charge in [0, 0.05) is 5.56 Å². The Kier molecular flexibility index (Phi) is 6.68. The minimum Gasteiger partial charge on any atom is -0.344 e. The van der Waals surface area contributed by atoms with Gasteiger partial charge in [-0.2, -0.15) is 5.26 Å². The van der Waals surface area contributed by atoms with E-state index in [9.17, 15) is 13.7 Å². The summed E-state index contributed by atoms with van der Waals surface area (Å²) in [6.07, 6.45) is 0. The largest absolute Gasteiger partial charge is 0.344 e. The molecule has 1 N–H and O–H groups in total. The summed E-state index contributed by atoms with van der Waals surface area (Å²) >= 11 is 0. The lowest BCUT2D eigenvalue weighted by atomic mass is 10.2. The molecule has 36 heavy (non-hydrogen) atoms. The van der Waals surface area contributed by atoms with Crippen LogP contribution >= 0.6 is 0 Å². The zero-order valence-corrected chi connectivity index (χ0v) is 20.9. The van der Waals surface area contributed by atoms with Crippen LogP contribution in [0, 0.1) is 18.3 Å². The molecule has 1 aliphatic rings. The zero-order valence-electron chi connectivity index (χ0n) is 20.1. The molecule has 0 unspecified atom stereocenters. The maximum absolute atomic E-state index is 13.6. The average molecular weight is 499 g/mol. The van der Waals surface area contributed by atoms with Crippen molar-refractivity contribution in [3.63, 3.8) is 0 Å². The van der Waals surface area contributed by atoms with Gasteiger partial charge in [-0.05, 0) is 36.8 Å². The number of piperazine rings is 1. The summed E-state index contributed by atoms with van der Waals surface area (Å²) in [5, 5.41) is 8.67. The maximum atomic E-state index is 13.6. The summed E-state index contributed by atoms with van der Waals surface area (Å²) in [6, 6.07) is 26.5. The van der Waals surface area contributed by atoms with Crippen LogP contribution in [0.15, 0.2) is 83.8 Å². The predicted molar refractivity (Wildman–Crippen MR) is 139 cm³/mol. The first-order chi connectivity index (χ1) is 17.5. The van der Waals surface area contributed by atoms with Crippen LogP contribution in [-0.4, -0.2) is 44.6 Å². The predicted octanol–water partition coefficient (Wildman–Crippen LogP) is 2.88. The van der Waals surface area contributed by atoms with Crippen LogP contribution in [0.25, 0.3) is 11.0 Å². The summed E-state index contributed by atoms with van der Waals surface area (Å²) in [4.78, 5) is 13.2. The van der Waals surface area contributed by atoms with Gasteiger partial charge in [0.05, 0.1) is 48.2 Å². The van der Waals surface area contributed by atoms with Crippen molar-refractivity contribution in [2.75, 3.05) is 31.1 Å². The molecule has 2 heterocycles. The Balaban J connectivity index is 1.50. The first-order valence-corrected chi connectivity index (χ1v) is 13.6. The molecule has 1 aromatic heterocycles. The minimum atomic E-state index is -4.00. The average Bonchev–Trinajstić information content (AvgIpc) is 2.90. The molecule has 3 aromatic carbocycles. The standard InChI is InChI=1S/C28H27N5O2S/c1-21-8-7-11-23(18-21)36(34,35)26(19-29)27-28(31-25-13-6-5-12-24(25)30-27)33-16-14-32(15-17-33)20-22-9-3-2-4-10-22/h2-13,18,26H,14-17,20H2,1H3/p+1/t26-/m0/s1. The summed E-state index contributed by atoms with van der Waals surface area (Å²) in [7, 11) is -4.00. The van der Waals surface area contributed by atoms with E-state index in [1.54, 1.807) is 18.2 Å². The van der Waals surface area contributed by atoms with Crippen molar-refractivity contribution in [1.29, 1.82) is 5.26 Å². The van der Waals surface area contributed by atoms with Crippen LogP contribution in [0.5, 0.6) is 0 Å². The number of nitrogens with one attached hydrogen (secondary N) is 1. The second-order valence-corrected chi connectivity index (χ2v) is 11.2. The van der Waals surface area contributed by atoms with Gasteiger partial charge in [0.2, 0.25) is 9.84 Å².